The molecule has 102 valence electrons. The van der Waals surface area contributed by atoms with Gasteiger partial charge < -0.3 is 10.2 Å². The van der Waals surface area contributed by atoms with Crippen LogP contribution in [0.3, 0.4) is 0 Å². The fourth-order valence-electron chi connectivity index (χ4n) is 2.35. The lowest BCUT2D eigenvalue weighted by Crippen LogP contribution is -2.59. The minimum atomic E-state index is -0.366. The van der Waals surface area contributed by atoms with Crippen LogP contribution in [-0.4, -0.2) is 35.8 Å². The molecule has 1 aromatic carbocycles. The van der Waals surface area contributed by atoms with Gasteiger partial charge in [-0.2, -0.15) is 0 Å². The molecule has 1 fully saturated rings. The van der Waals surface area contributed by atoms with Crippen molar-refractivity contribution in [2.45, 2.75) is 32.2 Å². The molecule has 1 aliphatic rings. The largest absolute Gasteiger partial charge is 0.345 e. The number of amides is 2. The third-order valence-electron chi connectivity index (χ3n) is 3.44. The van der Waals surface area contributed by atoms with Crippen molar-refractivity contribution >= 4 is 11.8 Å². The Hall–Kier alpha value is -1.84. The van der Waals surface area contributed by atoms with Crippen LogP contribution in [0.15, 0.2) is 30.3 Å². The third kappa shape index (κ3) is 3.34. The monoisotopic (exact) mass is 260 g/mol. The molecule has 0 aromatic heterocycles. The zero-order valence-corrected chi connectivity index (χ0v) is 11.3. The van der Waals surface area contributed by atoms with Crippen molar-refractivity contribution in [3.63, 3.8) is 0 Å². The van der Waals surface area contributed by atoms with E-state index in [4.69, 9.17) is 0 Å². The molecule has 1 N–H and O–H groups in total. The minimum Gasteiger partial charge on any atom is -0.345 e. The molecule has 1 heterocycles. The Morgan fingerprint density at radius 1 is 1.26 bits per heavy atom. The molecule has 0 radical (unpaired) electrons. The Labute approximate surface area is 113 Å². The predicted molar refractivity (Wildman–Crippen MR) is 73.6 cm³/mol. The first-order chi connectivity index (χ1) is 9.22. The Bertz CT molecular complexity index is 445. The summed E-state index contributed by atoms with van der Waals surface area (Å²) < 4.78 is 0. The molecular formula is C15H20N2O2. The minimum absolute atomic E-state index is 0.0222. The van der Waals surface area contributed by atoms with Crippen molar-refractivity contribution in [2.75, 3.05) is 13.1 Å². The van der Waals surface area contributed by atoms with Gasteiger partial charge in [-0.25, -0.2) is 0 Å². The lowest BCUT2D eigenvalue weighted by Gasteiger charge is -2.35. The standard InChI is InChI=1S/C15H20N2O2/c1-2-3-9-17-13(15(19)16-11-14(17)18)10-12-7-5-4-6-8-12/h4-8,13H,2-3,9-11H2,1H3,(H,16,19). The molecule has 0 bridgehead atoms. The van der Waals surface area contributed by atoms with Crippen molar-refractivity contribution < 1.29 is 9.59 Å². The van der Waals surface area contributed by atoms with Gasteiger partial charge in [0, 0.05) is 13.0 Å². The van der Waals surface area contributed by atoms with Crippen LogP contribution >= 0.6 is 0 Å². The number of hydrogen-bond donors (Lipinski definition) is 1. The Balaban J connectivity index is 2.12. The van der Waals surface area contributed by atoms with Gasteiger partial charge in [-0.05, 0) is 12.0 Å². The lowest BCUT2D eigenvalue weighted by molar-refractivity contribution is -0.145. The zero-order valence-electron chi connectivity index (χ0n) is 11.3. The SMILES string of the molecule is CCCCN1C(=O)CNC(=O)C1Cc1ccccc1. The van der Waals surface area contributed by atoms with E-state index in [9.17, 15) is 9.59 Å². The van der Waals surface area contributed by atoms with Gasteiger partial charge in [0.05, 0.1) is 6.54 Å². The highest BCUT2D eigenvalue weighted by Gasteiger charge is 2.33. The van der Waals surface area contributed by atoms with Gasteiger partial charge in [-0.3, -0.25) is 9.59 Å². The van der Waals surface area contributed by atoms with Gasteiger partial charge in [0.1, 0.15) is 6.04 Å². The van der Waals surface area contributed by atoms with Crippen LogP contribution in [0.5, 0.6) is 0 Å². The van der Waals surface area contributed by atoms with E-state index in [1.54, 1.807) is 4.90 Å². The molecule has 1 aliphatic heterocycles. The first kappa shape index (κ1) is 13.6. The summed E-state index contributed by atoms with van der Waals surface area (Å²) in [4.78, 5) is 25.7. The van der Waals surface area contributed by atoms with Gasteiger partial charge in [-0.15, -0.1) is 0 Å². The van der Waals surface area contributed by atoms with Crippen LogP contribution in [0.2, 0.25) is 0 Å². The maximum Gasteiger partial charge on any atom is 0.243 e. The summed E-state index contributed by atoms with van der Waals surface area (Å²) >= 11 is 0. The Morgan fingerprint density at radius 3 is 2.68 bits per heavy atom. The number of unbranched alkanes of at least 4 members (excludes halogenated alkanes) is 1. The molecule has 1 saturated heterocycles. The van der Waals surface area contributed by atoms with Gasteiger partial charge in [0.25, 0.3) is 0 Å². The highest BCUT2D eigenvalue weighted by atomic mass is 16.2. The molecule has 1 aromatic rings. The molecule has 19 heavy (non-hydrogen) atoms. The van der Waals surface area contributed by atoms with E-state index in [1.807, 2.05) is 30.3 Å². The summed E-state index contributed by atoms with van der Waals surface area (Å²) in [7, 11) is 0. The maximum absolute atomic E-state index is 12.0. The highest BCUT2D eigenvalue weighted by Crippen LogP contribution is 2.13. The van der Waals surface area contributed by atoms with Gasteiger partial charge in [0.2, 0.25) is 11.8 Å². The second-order valence-electron chi connectivity index (χ2n) is 4.86. The first-order valence-corrected chi connectivity index (χ1v) is 6.83. The van der Waals surface area contributed by atoms with Gasteiger partial charge >= 0.3 is 0 Å². The van der Waals surface area contributed by atoms with Crippen LogP contribution in [0, 0.1) is 0 Å². The number of nitrogens with one attached hydrogen (secondary N) is 1. The van der Waals surface area contributed by atoms with E-state index in [0.29, 0.717) is 13.0 Å². The summed E-state index contributed by atoms with van der Waals surface area (Å²) in [6, 6.07) is 9.47. The summed E-state index contributed by atoms with van der Waals surface area (Å²) in [5, 5.41) is 2.68. The summed E-state index contributed by atoms with van der Waals surface area (Å²) in [6.45, 7) is 2.88. The second-order valence-corrected chi connectivity index (χ2v) is 4.86. The van der Waals surface area contributed by atoms with Crippen molar-refractivity contribution in [2.24, 2.45) is 0 Å². The summed E-state index contributed by atoms with van der Waals surface area (Å²) in [6.07, 6.45) is 2.54. The maximum atomic E-state index is 12.0. The number of carbonyl (C=O) groups is 2. The normalized spacial score (nSPS) is 19.4. The van der Waals surface area contributed by atoms with Crippen molar-refractivity contribution in [3.8, 4) is 0 Å². The quantitative estimate of drug-likeness (QED) is 0.869. The summed E-state index contributed by atoms with van der Waals surface area (Å²) in [5.74, 6) is -0.0199. The van der Waals surface area contributed by atoms with Gasteiger partial charge in [-0.1, -0.05) is 43.7 Å². The van der Waals surface area contributed by atoms with Crippen LogP contribution in [-0.2, 0) is 16.0 Å². The average Bonchev–Trinajstić information content (AvgIpc) is 2.43. The number of benzene rings is 1. The number of rotatable bonds is 5. The molecule has 0 spiro atoms. The molecule has 4 nitrogen and oxygen atoms in total. The van der Waals surface area contributed by atoms with Gasteiger partial charge in [0.15, 0.2) is 0 Å². The molecule has 2 rings (SSSR count). The van der Waals surface area contributed by atoms with Crippen LogP contribution in [0.25, 0.3) is 0 Å². The van der Waals surface area contributed by atoms with E-state index in [-0.39, 0.29) is 24.4 Å². The smallest absolute Gasteiger partial charge is 0.243 e. The van der Waals surface area contributed by atoms with E-state index >= 15 is 0 Å². The Morgan fingerprint density at radius 2 is 2.00 bits per heavy atom. The summed E-state index contributed by atoms with van der Waals surface area (Å²) in [5.41, 5.74) is 1.08. The van der Waals surface area contributed by atoms with Crippen LogP contribution < -0.4 is 5.32 Å². The number of nitrogens with zero attached hydrogens (tertiary/aromatic N) is 1. The first-order valence-electron chi connectivity index (χ1n) is 6.83. The zero-order chi connectivity index (χ0) is 13.7. The molecule has 4 heteroatoms. The Kier molecular flexibility index (Phi) is 4.55. The molecule has 0 saturated carbocycles. The number of carbonyl (C=O) groups excluding carboxylic acids is 2. The van der Waals surface area contributed by atoms with Crippen molar-refractivity contribution in [1.82, 2.24) is 10.2 Å². The fourth-order valence-corrected chi connectivity index (χ4v) is 2.35. The van der Waals surface area contributed by atoms with Crippen LogP contribution in [0.4, 0.5) is 0 Å². The van der Waals surface area contributed by atoms with Crippen molar-refractivity contribution in [1.29, 1.82) is 0 Å². The predicted octanol–water partition coefficient (Wildman–Crippen LogP) is 1.36. The average molecular weight is 260 g/mol. The second kappa shape index (κ2) is 6.36. The number of piperazine rings is 1. The van der Waals surface area contributed by atoms with Crippen LogP contribution in [0.1, 0.15) is 25.3 Å². The van der Waals surface area contributed by atoms with Crippen molar-refractivity contribution in [3.05, 3.63) is 35.9 Å². The van der Waals surface area contributed by atoms with E-state index in [2.05, 4.69) is 12.2 Å². The molecule has 1 atom stereocenters. The fraction of sp³-hybridized carbons (Fsp3) is 0.467. The molecule has 0 aliphatic carbocycles. The highest BCUT2D eigenvalue weighted by molar-refractivity contribution is 5.95. The molecular weight excluding hydrogens is 240 g/mol. The third-order valence-corrected chi connectivity index (χ3v) is 3.44. The molecule has 2 amide bonds. The van der Waals surface area contributed by atoms with E-state index < -0.39 is 0 Å². The van der Waals surface area contributed by atoms with E-state index in [1.165, 1.54) is 0 Å². The van der Waals surface area contributed by atoms with E-state index in [0.717, 1.165) is 18.4 Å². The number of hydrogen-bond acceptors (Lipinski definition) is 2. The lowest BCUT2D eigenvalue weighted by atomic mass is 10.0. The topological polar surface area (TPSA) is 49.4 Å². The molecule has 1 unspecified atom stereocenters.